The van der Waals surface area contributed by atoms with E-state index in [1.54, 1.807) is 0 Å². The number of carboxylic acids is 1. The second-order valence-corrected chi connectivity index (χ2v) is 7.41. The summed E-state index contributed by atoms with van der Waals surface area (Å²) in [5.74, 6) is -0.922. The van der Waals surface area contributed by atoms with Crippen LogP contribution in [0.2, 0.25) is 0 Å². The van der Waals surface area contributed by atoms with Gasteiger partial charge in [0.25, 0.3) is 0 Å². The first-order valence-electron chi connectivity index (χ1n) is 8.78. The van der Waals surface area contributed by atoms with E-state index >= 15 is 0 Å². The first-order chi connectivity index (χ1) is 11.7. The van der Waals surface area contributed by atoms with Crippen LogP contribution in [0.4, 0.5) is 11.4 Å². The number of benzene rings is 1. The summed E-state index contributed by atoms with van der Waals surface area (Å²) in [4.78, 5) is 24.9. The molecule has 1 heterocycles. The SMILES string of the molecule is CC(C)(C)OC(=O)C1CCN(c2ccc(NCCC(=O)O)cc2)CC1. The number of ether oxygens (including phenoxy) is 1. The number of anilines is 2. The van der Waals surface area contributed by atoms with Crippen LogP contribution < -0.4 is 10.2 Å². The molecule has 0 saturated carbocycles. The lowest BCUT2D eigenvalue weighted by molar-refractivity contribution is -0.160. The molecule has 138 valence electrons. The first kappa shape index (κ1) is 19.1. The summed E-state index contributed by atoms with van der Waals surface area (Å²) in [6.45, 7) is 7.76. The van der Waals surface area contributed by atoms with Crippen molar-refractivity contribution in [3.63, 3.8) is 0 Å². The highest BCUT2D eigenvalue weighted by Crippen LogP contribution is 2.26. The number of hydrogen-bond donors (Lipinski definition) is 2. The molecule has 25 heavy (non-hydrogen) atoms. The van der Waals surface area contributed by atoms with Crippen molar-refractivity contribution in [1.82, 2.24) is 0 Å². The summed E-state index contributed by atoms with van der Waals surface area (Å²) < 4.78 is 5.48. The van der Waals surface area contributed by atoms with E-state index in [-0.39, 0.29) is 18.3 Å². The molecule has 1 saturated heterocycles. The number of piperidine rings is 1. The predicted molar refractivity (Wildman–Crippen MR) is 98.0 cm³/mol. The fourth-order valence-corrected chi connectivity index (χ4v) is 2.86. The maximum Gasteiger partial charge on any atom is 0.309 e. The van der Waals surface area contributed by atoms with Gasteiger partial charge in [0, 0.05) is 31.0 Å². The average molecular weight is 348 g/mol. The van der Waals surface area contributed by atoms with Crippen LogP contribution in [0.1, 0.15) is 40.0 Å². The van der Waals surface area contributed by atoms with Gasteiger partial charge in [-0.15, -0.1) is 0 Å². The van der Waals surface area contributed by atoms with Gasteiger partial charge in [-0.1, -0.05) is 0 Å². The smallest absolute Gasteiger partial charge is 0.309 e. The minimum atomic E-state index is -0.808. The number of nitrogens with zero attached hydrogens (tertiary/aromatic N) is 1. The van der Waals surface area contributed by atoms with Crippen molar-refractivity contribution in [2.45, 2.75) is 45.6 Å². The van der Waals surface area contributed by atoms with Crippen molar-refractivity contribution in [3.05, 3.63) is 24.3 Å². The van der Waals surface area contributed by atoms with Gasteiger partial charge in [0.1, 0.15) is 5.60 Å². The van der Waals surface area contributed by atoms with E-state index in [9.17, 15) is 9.59 Å². The molecule has 1 aliphatic rings. The van der Waals surface area contributed by atoms with Crippen LogP contribution >= 0.6 is 0 Å². The van der Waals surface area contributed by atoms with E-state index in [0.29, 0.717) is 6.54 Å². The van der Waals surface area contributed by atoms with Crippen LogP contribution in [0.3, 0.4) is 0 Å². The van der Waals surface area contributed by atoms with Gasteiger partial charge in [-0.25, -0.2) is 0 Å². The minimum absolute atomic E-state index is 0.0209. The molecule has 0 unspecified atom stereocenters. The third kappa shape index (κ3) is 6.29. The third-order valence-corrected chi connectivity index (χ3v) is 4.14. The molecule has 0 atom stereocenters. The highest BCUT2D eigenvalue weighted by atomic mass is 16.6. The average Bonchev–Trinajstić information content (AvgIpc) is 2.54. The number of carbonyl (C=O) groups is 2. The Balaban J connectivity index is 1.82. The number of rotatable bonds is 6. The zero-order valence-corrected chi connectivity index (χ0v) is 15.2. The van der Waals surface area contributed by atoms with Crippen molar-refractivity contribution in [1.29, 1.82) is 0 Å². The van der Waals surface area contributed by atoms with Crippen LogP contribution in [0.15, 0.2) is 24.3 Å². The first-order valence-corrected chi connectivity index (χ1v) is 8.78. The largest absolute Gasteiger partial charge is 0.481 e. The van der Waals surface area contributed by atoms with Gasteiger partial charge in [0.15, 0.2) is 0 Å². The number of carbonyl (C=O) groups excluding carboxylic acids is 1. The fraction of sp³-hybridized carbons (Fsp3) is 0.579. The van der Waals surface area contributed by atoms with Crippen LogP contribution in [-0.4, -0.2) is 42.3 Å². The van der Waals surface area contributed by atoms with Gasteiger partial charge in [-0.05, 0) is 57.9 Å². The molecule has 0 bridgehead atoms. The predicted octanol–water partition coefficient (Wildman–Crippen LogP) is 3.13. The Kier molecular flexibility index (Phi) is 6.28. The molecule has 2 rings (SSSR count). The van der Waals surface area contributed by atoms with E-state index in [1.807, 2.05) is 45.0 Å². The third-order valence-electron chi connectivity index (χ3n) is 4.14. The fourth-order valence-electron chi connectivity index (χ4n) is 2.86. The van der Waals surface area contributed by atoms with Crippen molar-refractivity contribution < 1.29 is 19.4 Å². The minimum Gasteiger partial charge on any atom is -0.481 e. The van der Waals surface area contributed by atoms with Crippen molar-refractivity contribution in [2.75, 3.05) is 29.9 Å². The Hall–Kier alpha value is -2.24. The lowest BCUT2D eigenvalue weighted by atomic mass is 9.96. The van der Waals surface area contributed by atoms with Crippen molar-refractivity contribution >= 4 is 23.3 Å². The zero-order chi connectivity index (χ0) is 18.4. The molecule has 0 aromatic heterocycles. The van der Waals surface area contributed by atoms with Gasteiger partial charge < -0.3 is 20.1 Å². The Labute approximate surface area is 149 Å². The van der Waals surface area contributed by atoms with Gasteiger partial charge in [-0.2, -0.15) is 0 Å². The van der Waals surface area contributed by atoms with E-state index < -0.39 is 11.6 Å². The molecule has 2 N–H and O–H groups in total. The summed E-state index contributed by atoms with van der Waals surface area (Å²) in [6.07, 6.45) is 1.70. The van der Waals surface area contributed by atoms with E-state index in [4.69, 9.17) is 9.84 Å². The van der Waals surface area contributed by atoms with E-state index in [1.165, 1.54) is 0 Å². The molecule has 0 aliphatic carbocycles. The molecule has 6 nitrogen and oxygen atoms in total. The van der Waals surface area contributed by atoms with Gasteiger partial charge in [0.05, 0.1) is 12.3 Å². The number of hydrogen-bond acceptors (Lipinski definition) is 5. The van der Waals surface area contributed by atoms with Crippen LogP contribution in [0.5, 0.6) is 0 Å². The highest BCUT2D eigenvalue weighted by molar-refractivity contribution is 5.73. The molecule has 0 spiro atoms. The van der Waals surface area contributed by atoms with Crippen LogP contribution in [-0.2, 0) is 14.3 Å². The maximum absolute atomic E-state index is 12.2. The molecular formula is C19H28N2O4. The maximum atomic E-state index is 12.2. The Morgan fingerprint density at radius 2 is 1.80 bits per heavy atom. The van der Waals surface area contributed by atoms with Crippen LogP contribution in [0, 0.1) is 5.92 Å². The summed E-state index contributed by atoms with van der Waals surface area (Å²) in [5.41, 5.74) is 1.59. The lowest BCUT2D eigenvalue weighted by Gasteiger charge is -2.34. The summed E-state index contributed by atoms with van der Waals surface area (Å²) in [6, 6.07) is 7.96. The number of aliphatic carboxylic acids is 1. The van der Waals surface area contributed by atoms with Gasteiger partial charge in [0.2, 0.25) is 0 Å². The molecule has 0 amide bonds. The molecule has 1 fully saturated rings. The normalized spacial score (nSPS) is 15.7. The summed E-state index contributed by atoms with van der Waals surface area (Å²) in [5, 5.41) is 11.7. The van der Waals surface area contributed by atoms with Crippen molar-refractivity contribution in [2.24, 2.45) is 5.92 Å². The Bertz CT molecular complexity index is 584. The highest BCUT2D eigenvalue weighted by Gasteiger charge is 2.29. The standard InChI is InChI=1S/C19H28N2O4/c1-19(2,3)25-18(24)14-9-12-21(13-10-14)16-6-4-15(5-7-16)20-11-8-17(22)23/h4-7,14,20H,8-13H2,1-3H3,(H,22,23). The molecular weight excluding hydrogens is 320 g/mol. The monoisotopic (exact) mass is 348 g/mol. The number of nitrogens with one attached hydrogen (secondary N) is 1. The topological polar surface area (TPSA) is 78.9 Å². The molecule has 0 radical (unpaired) electrons. The number of esters is 1. The zero-order valence-electron chi connectivity index (χ0n) is 15.2. The molecule has 1 aromatic carbocycles. The van der Waals surface area contributed by atoms with E-state index in [0.717, 1.165) is 37.3 Å². The van der Waals surface area contributed by atoms with Crippen LogP contribution in [0.25, 0.3) is 0 Å². The number of carboxylic acid groups (broad SMARTS) is 1. The second kappa shape index (κ2) is 8.23. The van der Waals surface area contributed by atoms with Crippen molar-refractivity contribution in [3.8, 4) is 0 Å². The summed E-state index contributed by atoms with van der Waals surface area (Å²) in [7, 11) is 0. The van der Waals surface area contributed by atoms with Gasteiger partial charge >= 0.3 is 11.9 Å². The Morgan fingerprint density at radius 3 is 2.32 bits per heavy atom. The van der Waals surface area contributed by atoms with Gasteiger partial charge in [-0.3, -0.25) is 9.59 Å². The lowest BCUT2D eigenvalue weighted by Crippen LogP contribution is -2.38. The quantitative estimate of drug-likeness (QED) is 0.769. The molecule has 1 aliphatic heterocycles. The van der Waals surface area contributed by atoms with E-state index in [2.05, 4.69) is 10.2 Å². The Morgan fingerprint density at radius 1 is 1.20 bits per heavy atom. The second-order valence-electron chi connectivity index (χ2n) is 7.41. The summed E-state index contributed by atoms with van der Waals surface area (Å²) >= 11 is 0. The molecule has 6 heteroatoms. The molecule has 1 aromatic rings.